The molecule has 2 aromatic heterocycles. The summed E-state index contributed by atoms with van der Waals surface area (Å²) in [6.07, 6.45) is 3.27. The highest BCUT2D eigenvalue weighted by atomic mass is 16.3. The Balaban J connectivity index is 1.63. The zero-order valence-electron chi connectivity index (χ0n) is 13.9. The van der Waals surface area contributed by atoms with Gasteiger partial charge in [-0.05, 0) is 42.0 Å². The van der Waals surface area contributed by atoms with Gasteiger partial charge in [-0.1, -0.05) is 12.1 Å². The molecule has 6 nitrogen and oxygen atoms in total. The largest absolute Gasteiger partial charge is 0.467 e. The summed E-state index contributed by atoms with van der Waals surface area (Å²) in [7, 11) is 0. The van der Waals surface area contributed by atoms with E-state index < -0.39 is 0 Å². The lowest BCUT2D eigenvalue weighted by atomic mass is 10.1. The zero-order chi connectivity index (χ0) is 17.9. The van der Waals surface area contributed by atoms with Crippen LogP contribution in [0.1, 0.15) is 33.5 Å². The third-order valence-corrected chi connectivity index (χ3v) is 4.35. The minimum atomic E-state index is -0.384. The molecule has 1 amide bonds. The molecule has 1 aliphatic heterocycles. The molecule has 128 valence electrons. The third-order valence-electron chi connectivity index (χ3n) is 4.35. The molecular weight excluding hydrogens is 328 g/mol. The van der Waals surface area contributed by atoms with Gasteiger partial charge in [0.15, 0.2) is 0 Å². The predicted octanol–water partition coefficient (Wildman–Crippen LogP) is 3.51. The minimum absolute atomic E-state index is 0.0805. The molecule has 1 aliphatic rings. The Kier molecular flexibility index (Phi) is 4.12. The van der Waals surface area contributed by atoms with Gasteiger partial charge in [-0.3, -0.25) is 9.78 Å². The highest BCUT2D eigenvalue weighted by molar-refractivity contribution is 5.98. The smallest absolute Gasteiger partial charge is 0.258 e. The Labute approximate surface area is 150 Å². The second-order valence-electron chi connectivity index (χ2n) is 6.03. The van der Waals surface area contributed by atoms with Crippen LogP contribution < -0.4 is 5.32 Å². The number of rotatable bonds is 5. The SMILES string of the molecule is N#CCc1ccc(NC2c3ncccc3C(=O)N2Cc2ccco2)cc1. The highest BCUT2D eigenvalue weighted by Crippen LogP contribution is 2.34. The van der Waals surface area contributed by atoms with Crippen molar-refractivity contribution in [3.63, 3.8) is 0 Å². The first-order valence-corrected chi connectivity index (χ1v) is 8.27. The zero-order valence-corrected chi connectivity index (χ0v) is 13.9. The van der Waals surface area contributed by atoms with Gasteiger partial charge in [0.25, 0.3) is 5.91 Å². The van der Waals surface area contributed by atoms with Crippen LogP contribution in [-0.2, 0) is 13.0 Å². The number of anilines is 1. The number of furan rings is 1. The van der Waals surface area contributed by atoms with E-state index in [1.54, 1.807) is 35.6 Å². The van der Waals surface area contributed by atoms with Gasteiger partial charge < -0.3 is 14.6 Å². The number of carbonyl (C=O) groups is 1. The van der Waals surface area contributed by atoms with Crippen molar-refractivity contribution in [2.75, 3.05) is 5.32 Å². The van der Waals surface area contributed by atoms with Crippen molar-refractivity contribution < 1.29 is 9.21 Å². The summed E-state index contributed by atoms with van der Waals surface area (Å²) in [5.41, 5.74) is 3.10. The highest BCUT2D eigenvalue weighted by Gasteiger charge is 2.38. The standard InChI is InChI=1S/C20H16N4O2/c21-10-9-14-5-7-15(8-6-14)23-19-18-17(4-1-11-22-18)20(25)24(19)13-16-3-2-12-26-16/h1-8,11-12,19,23H,9,13H2. The van der Waals surface area contributed by atoms with E-state index in [-0.39, 0.29) is 12.1 Å². The molecule has 0 saturated carbocycles. The number of nitriles is 1. The number of aromatic nitrogens is 1. The molecule has 0 radical (unpaired) electrons. The summed E-state index contributed by atoms with van der Waals surface area (Å²) in [4.78, 5) is 19.0. The number of pyridine rings is 1. The van der Waals surface area contributed by atoms with Crippen LogP contribution in [0.5, 0.6) is 0 Å². The average molecular weight is 344 g/mol. The van der Waals surface area contributed by atoms with Crippen LogP contribution in [-0.4, -0.2) is 15.8 Å². The molecule has 3 heterocycles. The van der Waals surface area contributed by atoms with E-state index in [4.69, 9.17) is 9.68 Å². The molecule has 26 heavy (non-hydrogen) atoms. The number of benzene rings is 1. The first-order valence-electron chi connectivity index (χ1n) is 8.27. The van der Waals surface area contributed by atoms with Crippen molar-refractivity contribution in [1.29, 1.82) is 5.26 Å². The van der Waals surface area contributed by atoms with Gasteiger partial charge in [0, 0.05) is 11.9 Å². The second-order valence-corrected chi connectivity index (χ2v) is 6.03. The van der Waals surface area contributed by atoms with Gasteiger partial charge in [-0.2, -0.15) is 5.26 Å². The molecule has 6 heteroatoms. The molecule has 1 atom stereocenters. The van der Waals surface area contributed by atoms with Crippen LogP contribution in [0.25, 0.3) is 0 Å². The number of carbonyl (C=O) groups excluding carboxylic acids is 1. The van der Waals surface area contributed by atoms with Crippen LogP contribution >= 0.6 is 0 Å². The van der Waals surface area contributed by atoms with Crippen molar-refractivity contribution in [1.82, 2.24) is 9.88 Å². The molecule has 0 aliphatic carbocycles. The molecule has 1 N–H and O–H groups in total. The quantitative estimate of drug-likeness (QED) is 0.766. The number of fused-ring (bicyclic) bond motifs is 1. The van der Waals surface area contributed by atoms with Crippen molar-refractivity contribution in [2.24, 2.45) is 0 Å². The third kappa shape index (κ3) is 2.91. The molecule has 4 rings (SSSR count). The lowest BCUT2D eigenvalue weighted by Gasteiger charge is -2.25. The first-order chi connectivity index (χ1) is 12.8. The molecule has 0 fully saturated rings. The number of amides is 1. The van der Waals surface area contributed by atoms with Crippen LogP contribution in [0, 0.1) is 11.3 Å². The molecule has 0 saturated heterocycles. The number of hydrogen-bond donors (Lipinski definition) is 1. The molecule has 3 aromatic rings. The van der Waals surface area contributed by atoms with E-state index in [1.807, 2.05) is 30.3 Å². The summed E-state index contributed by atoms with van der Waals surface area (Å²) in [6, 6.07) is 16.9. The van der Waals surface area contributed by atoms with Crippen molar-refractivity contribution in [3.8, 4) is 6.07 Å². The Morgan fingerprint density at radius 2 is 2.04 bits per heavy atom. The molecule has 1 unspecified atom stereocenters. The van der Waals surface area contributed by atoms with Crippen LogP contribution in [0.4, 0.5) is 5.69 Å². The summed E-state index contributed by atoms with van der Waals surface area (Å²) in [5.74, 6) is 0.630. The fourth-order valence-electron chi connectivity index (χ4n) is 3.08. The van der Waals surface area contributed by atoms with E-state index in [1.165, 1.54) is 0 Å². The predicted molar refractivity (Wildman–Crippen MR) is 94.9 cm³/mol. The van der Waals surface area contributed by atoms with E-state index in [9.17, 15) is 4.79 Å². The number of hydrogen-bond acceptors (Lipinski definition) is 5. The molecule has 1 aromatic carbocycles. The van der Waals surface area contributed by atoms with Crippen molar-refractivity contribution in [3.05, 3.63) is 83.6 Å². The summed E-state index contributed by atoms with van der Waals surface area (Å²) < 4.78 is 5.41. The Bertz CT molecular complexity index is 958. The maximum absolute atomic E-state index is 12.8. The van der Waals surface area contributed by atoms with Crippen LogP contribution in [0.2, 0.25) is 0 Å². The number of nitrogens with zero attached hydrogens (tertiary/aromatic N) is 3. The Morgan fingerprint density at radius 3 is 2.77 bits per heavy atom. The minimum Gasteiger partial charge on any atom is -0.467 e. The van der Waals surface area contributed by atoms with Gasteiger partial charge in [0.1, 0.15) is 11.9 Å². The van der Waals surface area contributed by atoms with Crippen LogP contribution in [0.3, 0.4) is 0 Å². The number of nitrogens with one attached hydrogen (secondary N) is 1. The summed E-state index contributed by atoms with van der Waals surface area (Å²) >= 11 is 0. The van der Waals surface area contributed by atoms with Gasteiger partial charge in [0.2, 0.25) is 0 Å². The molecular formula is C20H16N4O2. The average Bonchev–Trinajstić information content (AvgIpc) is 3.27. The van der Waals surface area contributed by atoms with E-state index in [0.717, 1.165) is 11.3 Å². The monoisotopic (exact) mass is 344 g/mol. The fraction of sp³-hybridized carbons (Fsp3) is 0.150. The van der Waals surface area contributed by atoms with Gasteiger partial charge in [-0.15, -0.1) is 0 Å². The van der Waals surface area contributed by atoms with Gasteiger partial charge >= 0.3 is 0 Å². The van der Waals surface area contributed by atoms with Gasteiger partial charge in [-0.25, -0.2) is 0 Å². The van der Waals surface area contributed by atoms with E-state index in [2.05, 4.69) is 16.4 Å². The summed E-state index contributed by atoms with van der Waals surface area (Å²) in [5, 5.41) is 12.2. The van der Waals surface area contributed by atoms with Crippen LogP contribution in [0.15, 0.2) is 65.4 Å². The lowest BCUT2D eigenvalue weighted by molar-refractivity contribution is 0.0714. The van der Waals surface area contributed by atoms with Crippen molar-refractivity contribution >= 4 is 11.6 Å². The maximum atomic E-state index is 12.8. The molecule has 0 spiro atoms. The topological polar surface area (TPSA) is 82.2 Å². The van der Waals surface area contributed by atoms with E-state index >= 15 is 0 Å². The lowest BCUT2D eigenvalue weighted by Crippen LogP contribution is -2.31. The van der Waals surface area contributed by atoms with E-state index in [0.29, 0.717) is 30.0 Å². The summed E-state index contributed by atoms with van der Waals surface area (Å²) in [6.45, 7) is 0.354. The maximum Gasteiger partial charge on any atom is 0.258 e. The second kappa shape index (κ2) is 6.73. The first kappa shape index (κ1) is 15.9. The fourth-order valence-corrected chi connectivity index (χ4v) is 3.08. The Hall–Kier alpha value is -3.59. The van der Waals surface area contributed by atoms with Crippen molar-refractivity contribution in [2.45, 2.75) is 19.1 Å². The molecule has 0 bridgehead atoms. The normalized spacial score (nSPS) is 15.6. The Morgan fingerprint density at radius 1 is 1.19 bits per heavy atom. The van der Waals surface area contributed by atoms with Gasteiger partial charge in [0.05, 0.1) is 36.6 Å².